The summed E-state index contributed by atoms with van der Waals surface area (Å²) in [4.78, 5) is 11.1. The van der Waals surface area contributed by atoms with Crippen LogP contribution in [0.25, 0.3) is 5.69 Å². The maximum Gasteiger partial charge on any atom is 0.418 e. The summed E-state index contributed by atoms with van der Waals surface area (Å²) in [7, 11) is 0. The largest absolute Gasteiger partial charge is 0.478 e. The first-order chi connectivity index (χ1) is 17.0. The number of alkyl halides is 3. The number of carboxylic acid groups (broad SMARTS) is 1. The van der Waals surface area contributed by atoms with Crippen molar-refractivity contribution in [2.45, 2.75) is 33.5 Å². The Bertz CT molecular complexity index is 1330. The van der Waals surface area contributed by atoms with Crippen molar-refractivity contribution in [2.75, 3.05) is 0 Å². The van der Waals surface area contributed by atoms with Gasteiger partial charge in [0.1, 0.15) is 11.5 Å². The van der Waals surface area contributed by atoms with Gasteiger partial charge in [-0.25, -0.2) is 4.79 Å². The Labute approximate surface area is 207 Å². The van der Waals surface area contributed by atoms with Crippen LogP contribution in [0.2, 0.25) is 0 Å². The summed E-state index contributed by atoms with van der Waals surface area (Å²) in [5.74, 6) is 0.529. The van der Waals surface area contributed by atoms with Crippen LogP contribution in [0.3, 0.4) is 0 Å². The smallest absolute Gasteiger partial charge is 0.418 e. The second kappa shape index (κ2) is 11.1. The minimum atomic E-state index is -4.50. The second-order valence-corrected chi connectivity index (χ2v) is 8.20. The van der Waals surface area contributed by atoms with Crippen LogP contribution >= 0.6 is 0 Å². The fourth-order valence-electron chi connectivity index (χ4n) is 3.69. The number of aryl methyl sites for hydroxylation is 2. The van der Waals surface area contributed by atoms with Gasteiger partial charge in [0.2, 0.25) is 0 Å². The molecule has 0 unspecified atom stereocenters. The van der Waals surface area contributed by atoms with Crippen molar-refractivity contribution in [3.05, 3.63) is 113 Å². The molecule has 0 aliphatic rings. The van der Waals surface area contributed by atoms with Gasteiger partial charge in [0, 0.05) is 17.9 Å². The maximum atomic E-state index is 13.0. The van der Waals surface area contributed by atoms with Gasteiger partial charge in [-0.1, -0.05) is 42.0 Å². The van der Waals surface area contributed by atoms with Crippen LogP contribution in [0, 0.1) is 20.8 Å². The molecular formula is C28H27F3N2O3. The van der Waals surface area contributed by atoms with Gasteiger partial charge in [-0.05, 0) is 68.8 Å². The third kappa shape index (κ3) is 6.34. The van der Waals surface area contributed by atoms with Gasteiger partial charge in [0.05, 0.1) is 16.8 Å². The number of hydrogen-bond acceptors (Lipinski definition) is 3. The molecule has 36 heavy (non-hydrogen) atoms. The Morgan fingerprint density at radius 2 is 1.47 bits per heavy atom. The zero-order chi connectivity index (χ0) is 26.5. The van der Waals surface area contributed by atoms with E-state index in [2.05, 4.69) is 6.92 Å². The molecule has 0 radical (unpaired) electrons. The fourth-order valence-corrected chi connectivity index (χ4v) is 3.69. The minimum Gasteiger partial charge on any atom is -0.478 e. The number of ether oxygens (including phenoxy) is 1. The first-order valence-electron chi connectivity index (χ1n) is 11.1. The molecule has 3 N–H and O–H groups in total. The number of nitrogens with two attached hydrogens (primary N) is 1. The number of aromatic carboxylic acids is 1. The maximum absolute atomic E-state index is 13.0. The van der Waals surface area contributed by atoms with E-state index >= 15 is 0 Å². The number of aromatic nitrogens is 1. The van der Waals surface area contributed by atoms with Crippen molar-refractivity contribution >= 4 is 5.97 Å². The molecule has 4 rings (SSSR count). The number of carbonyl (C=O) groups is 1. The van der Waals surface area contributed by atoms with Crippen LogP contribution in [0.15, 0.2) is 78.9 Å². The highest BCUT2D eigenvalue weighted by Crippen LogP contribution is 2.35. The Morgan fingerprint density at radius 1 is 0.917 bits per heavy atom. The van der Waals surface area contributed by atoms with Crippen LogP contribution in [-0.4, -0.2) is 15.6 Å². The summed E-state index contributed by atoms with van der Waals surface area (Å²) >= 11 is 0. The summed E-state index contributed by atoms with van der Waals surface area (Å²) in [6.45, 7) is 5.68. The molecule has 0 aliphatic heterocycles. The first-order valence-corrected chi connectivity index (χ1v) is 11.1. The van der Waals surface area contributed by atoms with Gasteiger partial charge < -0.3 is 20.1 Å². The van der Waals surface area contributed by atoms with Crippen molar-refractivity contribution in [1.29, 1.82) is 0 Å². The standard InChI is InChI=1S/C14H12F3NO2.C14H15NO/c1-8-7-10(13(19)20)9(2)18(8)12-6-4-3-5-11(12)14(15,16)17;1-11-2-6-13(7-3-11)16-14-8-4-12(10-15)5-9-14/h3-7H,1-2H3,(H,19,20);2-9H,10,15H2,1H3. The van der Waals surface area contributed by atoms with Gasteiger partial charge in [-0.3, -0.25) is 0 Å². The summed E-state index contributed by atoms with van der Waals surface area (Å²) in [6, 6.07) is 22.3. The molecule has 188 valence electrons. The highest BCUT2D eigenvalue weighted by Gasteiger charge is 2.34. The lowest BCUT2D eigenvalue weighted by atomic mass is 10.1. The molecular weight excluding hydrogens is 469 g/mol. The van der Waals surface area contributed by atoms with Crippen molar-refractivity contribution in [2.24, 2.45) is 5.73 Å². The minimum absolute atomic E-state index is 0.000484. The summed E-state index contributed by atoms with van der Waals surface area (Å²) in [5, 5.41) is 9.04. The van der Waals surface area contributed by atoms with E-state index < -0.39 is 17.7 Å². The lowest BCUT2D eigenvalue weighted by Crippen LogP contribution is -2.12. The highest BCUT2D eigenvalue weighted by molar-refractivity contribution is 5.89. The van der Waals surface area contributed by atoms with Crippen molar-refractivity contribution in [3.8, 4) is 17.2 Å². The Morgan fingerprint density at radius 3 is 1.97 bits per heavy atom. The molecule has 0 spiro atoms. The number of hydrogen-bond donors (Lipinski definition) is 2. The van der Waals surface area contributed by atoms with Crippen molar-refractivity contribution in [3.63, 3.8) is 0 Å². The number of nitrogens with zero attached hydrogens (tertiary/aromatic N) is 1. The molecule has 0 fully saturated rings. The van der Waals surface area contributed by atoms with E-state index in [0.717, 1.165) is 23.1 Å². The van der Waals surface area contributed by atoms with Crippen LogP contribution in [-0.2, 0) is 12.7 Å². The zero-order valence-electron chi connectivity index (χ0n) is 20.1. The molecule has 0 atom stereocenters. The molecule has 1 heterocycles. The van der Waals surface area contributed by atoms with Crippen LogP contribution in [0.4, 0.5) is 13.2 Å². The molecule has 4 aromatic rings. The van der Waals surface area contributed by atoms with E-state index in [4.69, 9.17) is 15.6 Å². The van der Waals surface area contributed by atoms with E-state index in [0.29, 0.717) is 12.2 Å². The summed E-state index contributed by atoms with van der Waals surface area (Å²) in [5.41, 5.74) is 7.71. The SMILES string of the molecule is Cc1cc(C(=O)O)c(C)n1-c1ccccc1C(F)(F)F.Cc1ccc(Oc2ccc(CN)cc2)cc1. The van der Waals surface area contributed by atoms with Crippen molar-refractivity contribution < 1.29 is 27.8 Å². The van der Waals surface area contributed by atoms with Gasteiger partial charge in [0.15, 0.2) is 0 Å². The molecule has 0 bridgehead atoms. The van der Waals surface area contributed by atoms with Crippen LogP contribution < -0.4 is 10.5 Å². The molecule has 3 aromatic carbocycles. The molecule has 1 aromatic heterocycles. The first kappa shape index (κ1) is 26.6. The second-order valence-electron chi connectivity index (χ2n) is 8.20. The average Bonchev–Trinajstić information content (AvgIpc) is 3.15. The quantitative estimate of drug-likeness (QED) is 0.310. The van der Waals surface area contributed by atoms with Crippen LogP contribution in [0.5, 0.6) is 11.5 Å². The fraction of sp³-hybridized carbons (Fsp3) is 0.179. The van der Waals surface area contributed by atoms with E-state index in [1.165, 1.54) is 41.3 Å². The van der Waals surface area contributed by atoms with Crippen molar-refractivity contribution in [1.82, 2.24) is 4.57 Å². The van der Waals surface area contributed by atoms with E-state index in [-0.39, 0.29) is 16.9 Å². The molecule has 0 aliphatic carbocycles. The number of para-hydroxylation sites is 1. The van der Waals surface area contributed by atoms with Crippen LogP contribution in [0.1, 0.15) is 38.4 Å². The third-order valence-corrected chi connectivity index (χ3v) is 5.53. The van der Waals surface area contributed by atoms with E-state index in [1.54, 1.807) is 6.92 Å². The Hall–Kier alpha value is -4.04. The molecule has 8 heteroatoms. The summed E-state index contributed by atoms with van der Waals surface area (Å²) < 4.78 is 46.1. The molecule has 0 amide bonds. The predicted octanol–water partition coefficient (Wildman–Crippen LogP) is 7.06. The lowest BCUT2D eigenvalue weighted by Gasteiger charge is -2.16. The van der Waals surface area contributed by atoms with Gasteiger partial charge in [0.25, 0.3) is 0 Å². The van der Waals surface area contributed by atoms with Gasteiger partial charge in [-0.2, -0.15) is 13.2 Å². The number of carboxylic acids is 1. The topological polar surface area (TPSA) is 77.5 Å². The van der Waals surface area contributed by atoms with E-state index in [9.17, 15) is 18.0 Å². The average molecular weight is 497 g/mol. The number of halogens is 3. The molecule has 5 nitrogen and oxygen atoms in total. The summed E-state index contributed by atoms with van der Waals surface area (Å²) in [6.07, 6.45) is -4.50. The highest BCUT2D eigenvalue weighted by atomic mass is 19.4. The monoisotopic (exact) mass is 496 g/mol. The number of benzene rings is 3. The normalized spacial score (nSPS) is 11.0. The zero-order valence-corrected chi connectivity index (χ0v) is 20.1. The number of rotatable bonds is 5. The van der Waals surface area contributed by atoms with E-state index in [1.807, 2.05) is 48.5 Å². The molecule has 0 saturated carbocycles. The Kier molecular flexibility index (Phi) is 8.22. The van der Waals surface area contributed by atoms with Gasteiger partial charge >= 0.3 is 12.1 Å². The lowest BCUT2D eigenvalue weighted by molar-refractivity contribution is -0.137. The van der Waals surface area contributed by atoms with Gasteiger partial charge in [-0.15, -0.1) is 0 Å². The Balaban J connectivity index is 0.000000205. The predicted molar refractivity (Wildman–Crippen MR) is 133 cm³/mol. The third-order valence-electron chi connectivity index (χ3n) is 5.53. The molecule has 0 saturated heterocycles.